The van der Waals surface area contributed by atoms with Gasteiger partial charge in [-0.1, -0.05) is 17.2 Å². The SMILES string of the molecule is CCOCCOCCC(=O)ON1C(=O)c2ccccc2C1=O. The third-order valence-corrected chi connectivity index (χ3v) is 2.98. The summed E-state index contributed by atoms with van der Waals surface area (Å²) in [5.41, 5.74) is 0.460. The fourth-order valence-corrected chi connectivity index (χ4v) is 1.92. The van der Waals surface area contributed by atoms with Crippen molar-refractivity contribution in [2.24, 2.45) is 0 Å². The highest BCUT2D eigenvalue weighted by molar-refractivity contribution is 6.20. The van der Waals surface area contributed by atoms with E-state index in [4.69, 9.17) is 14.3 Å². The molecule has 2 rings (SSSR count). The van der Waals surface area contributed by atoms with E-state index in [-0.39, 0.29) is 24.2 Å². The van der Waals surface area contributed by atoms with Crippen LogP contribution in [0.5, 0.6) is 0 Å². The maximum atomic E-state index is 12.0. The Kier molecular flexibility index (Phi) is 5.62. The number of amides is 2. The van der Waals surface area contributed by atoms with Gasteiger partial charge in [0, 0.05) is 6.61 Å². The normalized spacial score (nSPS) is 13.4. The lowest BCUT2D eigenvalue weighted by Gasteiger charge is -2.12. The highest BCUT2D eigenvalue weighted by Gasteiger charge is 2.38. The van der Waals surface area contributed by atoms with Gasteiger partial charge in [-0.2, -0.15) is 0 Å². The quantitative estimate of drug-likeness (QED) is 0.530. The summed E-state index contributed by atoms with van der Waals surface area (Å²) in [5, 5.41) is 0.493. The largest absolute Gasteiger partial charge is 0.379 e. The van der Waals surface area contributed by atoms with Gasteiger partial charge in [-0.05, 0) is 19.1 Å². The van der Waals surface area contributed by atoms with Gasteiger partial charge in [0.15, 0.2) is 0 Å². The number of fused-ring (bicyclic) bond motifs is 1. The van der Waals surface area contributed by atoms with Crippen molar-refractivity contribution in [3.8, 4) is 0 Å². The number of ether oxygens (including phenoxy) is 2. The van der Waals surface area contributed by atoms with E-state index in [1.165, 1.54) is 12.1 Å². The number of hydroxylamine groups is 2. The second-order valence-corrected chi connectivity index (χ2v) is 4.47. The lowest BCUT2D eigenvalue weighted by Crippen LogP contribution is -2.33. The molecule has 7 heteroatoms. The standard InChI is InChI=1S/C15H17NO6/c1-2-20-9-10-21-8-7-13(17)22-16-14(18)11-5-3-4-6-12(11)15(16)19/h3-6H,2,7-10H2,1H3. The number of hydrogen-bond acceptors (Lipinski definition) is 6. The van der Waals surface area contributed by atoms with Crippen LogP contribution in [-0.2, 0) is 19.1 Å². The molecule has 1 aromatic rings. The first-order valence-electron chi connectivity index (χ1n) is 6.99. The van der Waals surface area contributed by atoms with Gasteiger partial charge in [0.25, 0.3) is 11.8 Å². The first kappa shape index (κ1) is 16.1. The zero-order chi connectivity index (χ0) is 15.9. The molecule has 7 nitrogen and oxygen atoms in total. The molecule has 0 spiro atoms. The molecule has 1 aliphatic rings. The van der Waals surface area contributed by atoms with E-state index in [0.29, 0.717) is 24.9 Å². The molecule has 0 saturated carbocycles. The molecule has 22 heavy (non-hydrogen) atoms. The van der Waals surface area contributed by atoms with Gasteiger partial charge in [-0.15, -0.1) is 0 Å². The molecule has 0 unspecified atom stereocenters. The molecule has 0 radical (unpaired) electrons. The summed E-state index contributed by atoms with van der Waals surface area (Å²) in [6.45, 7) is 3.43. The van der Waals surface area contributed by atoms with Crippen molar-refractivity contribution in [3.63, 3.8) is 0 Å². The molecule has 0 saturated heterocycles. The van der Waals surface area contributed by atoms with E-state index in [1.54, 1.807) is 12.1 Å². The minimum atomic E-state index is -0.703. The summed E-state index contributed by atoms with van der Waals surface area (Å²) >= 11 is 0. The van der Waals surface area contributed by atoms with Gasteiger partial charge in [0.05, 0.1) is 37.4 Å². The van der Waals surface area contributed by atoms with Crippen molar-refractivity contribution in [2.75, 3.05) is 26.4 Å². The van der Waals surface area contributed by atoms with Crippen molar-refractivity contribution >= 4 is 17.8 Å². The lowest BCUT2D eigenvalue weighted by atomic mass is 10.1. The summed E-state index contributed by atoms with van der Waals surface area (Å²) in [6, 6.07) is 6.31. The Morgan fingerprint density at radius 2 is 1.59 bits per heavy atom. The maximum absolute atomic E-state index is 12.0. The number of imide groups is 1. The van der Waals surface area contributed by atoms with Gasteiger partial charge in [0.1, 0.15) is 0 Å². The number of hydrogen-bond donors (Lipinski definition) is 0. The Morgan fingerprint density at radius 3 is 2.18 bits per heavy atom. The lowest BCUT2D eigenvalue weighted by molar-refractivity contribution is -0.169. The Hall–Kier alpha value is -2.25. The molecule has 1 heterocycles. The van der Waals surface area contributed by atoms with Crippen LogP contribution in [-0.4, -0.2) is 49.3 Å². The molecule has 1 aliphatic heterocycles. The van der Waals surface area contributed by atoms with Crippen LogP contribution >= 0.6 is 0 Å². The van der Waals surface area contributed by atoms with Crippen molar-refractivity contribution in [3.05, 3.63) is 35.4 Å². The number of carbonyl (C=O) groups is 3. The van der Waals surface area contributed by atoms with E-state index in [2.05, 4.69) is 0 Å². The second kappa shape index (κ2) is 7.67. The van der Waals surface area contributed by atoms with E-state index in [1.807, 2.05) is 6.92 Å². The molecule has 0 aliphatic carbocycles. The smallest absolute Gasteiger partial charge is 0.335 e. The molecule has 2 amide bonds. The highest BCUT2D eigenvalue weighted by Crippen LogP contribution is 2.22. The number of nitrogens with zero attached hydrogens (tertiary/aromatic N) is 1. The van der Waals surface area contributed by atoms with Crippen molar-refractivity contribution < 1.29 is 28.7 Å². The van der Waals surface area contributed by atoms with Gasteiger partial charge in [-0.3, -0.25) is 9.59 Å². The first-order valence-corrected chi connectivity index (χ1v) is 6.99. The molecular formula is C15H17NO6. The average molecular weight is 307 g/mol. The predicted molar refractivity (Wildman–Crippen MR) is 75.0 cm³/mol. The van der Waals surface area contributed by atoms with Crippen molar-refractivity contribution in [2.45, 2.75) is 13.3 Å². The molecule has 1 aromatic carbocycles. The summed E-state index contributed by atoms with van der Waals surface area (Å²) in [6.07, 6.45) is -0.0560. The fourth-order valence-electron chi connectivity index (χ4n) is 1.92. The molecule has 118 valence electrons. The fraction of sp³-hybridized carbons (Fsp3) is 0.400. The van der Waals surface area contributed by atoms with Gasteiger partial charge in [0.2, 0.25) is 0 Å². The molecule has 0 aromatic heterocycles. The summed E-state index contributed by atoms with van der Waals surface area (Å²) in [4.78, 5) is 40.4. The summed E-state index contributed by atoms with van der Waals surface area (Å²) in [7, 11) is 0. The molecule has 0 N–H and O–H groups in total. The van der Waals surface area contributed by atoms with Crippen LogP contribution in [0.25, 0.3) is 0 Å². The highest BCUT2D eigenvalue weighted by atomic mass is 16.7. The van der Waals surface area contributed by atoms with Crippen LogP contribution in [0.15, 0.2) is 24.3 Å². The third-order valence-electron chi connectivity index (χ3n) is 2.98. The Balaban J connectivity index is 1.79. The average Bonchev–Trinajstić information content (AvgIpc) is 2.76. The van der Waals surface area contributed by atoms with Crippen LogP contribution in [0.4, 0.5) is 0 Å². The van der Waals surface area contributed by atoms with Crippen LogP contribution in [0.1, 0.15) is 34.1 Å². The van der Waals surface area contributed by atoms with Crippen molar-refractivity contribution in [1.82, 2.24) is 5.06 Å². The van der Waals surface area contributed by atoms with Crippen molar-refractivity contribution in [1.29, 1.82) is 0 Å². The van der Waals surface area contributed by atoms with Gasteiger partial charge in [-0.25, -0.2) is 4.79 Å². The van der Waals surface area contributed by atoms with Crippen LogP contribution in [0, 0.1) is 0 Å². The van der Waals surface area contributed by atoms with Gasteiger partial charge < -0.3 is 14.3 Å². The molecular weight excluding hydrogens is 290 g/mol. The summed E-state index contributed by atoms with van der Waals surface area (Å²) in [5.74, 6) is -1.97. The zero-order valence-corrected chi connectivity index (χ0v) is 12.2. The first-order chi connectivity index (χ1) is 10.6. The van der Waals surface area contributed by atoms with E-state index in [0.717, 1.165) is 0 Å². The third kappa shape index (κ3) is 3.69. The molecule has 0 atom stereocenters. The Bertz CT molecular complexity index is 536. The minimum Gasteiger partial charge on any atom is -0.379 e. The van der Waals surface area contributed by atoms with E-state index >= 15 is 0 Å². The number of benzene rings is 1. The number of rotatable bonds is 8. The maximum Gasteiger partial charge on any atom is 0.335 e. The van der Waals surface area contributed by atoms with E-state index in [9.17, 15) is 14.4 Å². The zero-order valence-electron chi connectivity index (χ0n) is 12.2. The van der Waals surface area contributed by atoms with Crippen LogP contribution in [0.2, 0.25) is 0 Å². The summed E-state index contributed by atoms with van der Waals surface area (Å²) < 4.78 is 10.2. The van der Waals surface area contributed by atoms with Crippen LogP contribution in [0.3, 0.4) is 0 Å². The van der Waals surface area contributed by atoms with Crippen LogP contribution < -0.4 is 0 Å². The topological polar surface area (TPSA) is 82.1 Å². The Labute approximate surface area is 127 Å². The van der Waals surface area contributed by atoms with Gasteiger partial charge >= 0.3 is 5.97 Å². The molecule has 0 bridgehead atoms. The Morgan fingerprint density at radius 1 is 1.00 bits per heavy atom. The number of carbonyl (C=O) groups excluding carboxylic acids is 3. The molecule has 0 fully saturated rings. The van der Waals surface area contributed by atoms with E-state index < -0.39 is 17.8 Å². The monoisotopic (exact) mass is 307 g/mol. The minimum absolute atomic E-state index is 0.0560. The second-order valence-electron chi connectivity index (χ2n) is 4.47. The predicted octanol–water partition coefficient (Wildman–Crippen LogP) is 1.18.